The Hall–Kier alpha value is -3.08. The Bertz CT molecular complexity index is 1040. The largest absolute Gasteiger partial charge is 0.368 e. The molecule has 0 aliphatic carbocycles. The second-order valence-electron chi connectivity index (χ2n) is 7.90. The summed E-state index contributed by atoms with van der Waals surface area (Å²) < 4.78 is 1.71. The third-order valence-corrected chi connectivity index (χ3v) is 5.92. The van der Waals surface area contributed by atoms with Gasteiger partial charge in [0.15, 0.2) is 0 Å². The molecule has 0 unspecified atom stereocenters. The molecule has 1 aliphatic heterocycles. The van der Waals surface area contributed by atoms with Crippen LogP contribution in [0.3, 0.4) is 0 Å². The molecule has 4 rings (SSSR count). The van der Waals surface area contributed by atoms with Crippen LogP contribution in [0.2, 0.25) is 0 Å². The minimum absolute atomic E-state index is 0.0551. The number of amides is 1. The van der Waals surface area contributed by atoms with E-state index in [1.807, 2.05) is 18.0 Å². The van der Waals surface area contributed by atoms with E-state index in [-0.39, 0.29) is 5.91 Å². The number of hydrogen-bond donors (Lipinski definition) is 0. The van der Waals surface area contributed by atoms with E-state index < -0.39 is 0 Å². The molecule has 5 heteroatoms. The summed E-state index contributed by atoms with van der Waals surface area (Å²) in [5.74, 6) is 0.0551. The predicted octanol–water partition coefficient (Wildman–Crippen LogP) is 3.97. The first-order valence-electron chi connectivity index (χ1n) is 10.2. The zero-order chi connectivity index (χ0) is 20.5. The Morgan fingerprint density at radius 2 is 1.59 bits per heavy atom. The fourth-order valence-electron chi connectivity index (χ4n) is 3.94. The van der Waals surface area contributed by atoms with Crippen LogP contribution >= 0.6 is 0 Å². The van der Waals surface area contributed by atoms with Crippen molar-refractivity contribution in [1.82, 2.24) is 14.7 Å². The van der Waals surface area contributed by atoms with Crippen LogP contribution in [0.5, 0.6) is 0 Å². The molecular formula is C24H28N4O. The average molecular weight is 389 g/mol. The van der Waals surface area contributed by atoms with Crippen molar-refractivity contribution in [2.24, 2.45) is 7.05 Å². The zero-order valence-electron chi connectivity index (χ0n) is 17.6. The maximum absolute atomic E-state index is 13.1. The van der Waals surface area contributed by atoms with Crippen molar-refractivity contribution in [3.05, 3.63) is 70.9 Å². The molecule has 150 valence electrons. The maximum Gasteiger partial charge on any atom is 0.272 e. The van der Waals surface area contributed by atoms with Gasteiger partial charge in [0.1, 0.15) is 5.69 Å². The van der Waals surface area contributed by atoms with E-state index in [4.69, 9.17) is 0 Å². The summed E-state index contributed by atoms with van der Waals surface area (Å²) in [6.45, 7) is 9.47. The molecule has 0 saturated carbocycles. The summed E-state index contributed by atoms with van der Waals surface area (Å²) in [5, 5.41) is 4.60. The van der Waals surface area contributed by atoms with E-state index in [9.17, 15) is 4.79 Å². The van der Waals surface area contributed by atoms with Gasteiger partial charge in [-0.3, -0.25) is 9.48 Å². The lowest BCUT2D eigenvalue weighted by molar-refractivity contribution is 0.0735. The quantitative estimate of drug-likeness (QED) is 0.682. The Morgan fingerprint density at radius 1 is 0.862 bits per heavy atom. The van der Waals surface area contributed by atoms with Crippen LogP contribution in [0.1, 0.15) is 27.2 Å². The van der Waals surface area contributed by atoms with Gasteiger partial charge in [-0.15, -0.1) is 0 Å². The topological polar surface area (TPSA) is 41.4 Å². The summed E-state index contributed by atoms with van der Waals surface area (Å²) in [6.07, 6.45) is 0. The molecule has 0 N–H and O–H groups in total. The summed E-state index contributed by atoms with van der Waals surface area (Å²) >= 11 is 0. The third-order valence-electron chi connectivity index (χ3n) is 5.92. The molecule has 1 saturated heterocycles. The van der Waals surface area contributed by atoms with E-state index in [1.54, 1.807) is 4.68 Å². The number of para-hydroxylation sites is 1. The summed E-state index contributed by atoms with van der Waals surface area (Å²) in [7, 11) is 1.85. The van der Waals surface area contributed by atoms with Gasteiger partial charge in [0.2, 0.25) is 0 Å². The highest BCUT2D eigenvalue weighted by molar-refractivity contribution is 5.94. The maximum atomic E-state index is 13.1. The minimum Gasteiger partial charge on any atom is -0.368 e. The number of anilines is 1. The lowest BCUT2D eigenvalue weighted by atomic mass is 10.0. The Labute approximate surface area is 172 Å². The van der Waals surface area contributed by atoms with Gasteiger partial charge in [-0.25, -0.2) is 0 Å². The smallest absolute Gasteiger partial charge is 0.272 e. The molecule has 29 heavy (non-hydrogen) atoms. The van der Waals surface area contributed by atoms with Gasteiger partial charge in [-0.05, 0) is 55.7 Å². The number of carbonyl (C=O) groups is 1. The van der Waals surface area contributed by atoms with Crippen molar-refractivity contribution in [3.63, 3.8) is 0 Å². The Balaban J connectivity index is 1.49. The first-order chi connectivity index (χ1) is 13.9. The van der Waals surface area contributed by atoms with Crippen molar-refractivity contribution in [3.8, 4) is 11.3 Å². The average Bonchev–Trinajstić information content (AvgIpc) is 3.12. The van der Waals surface area contributed by atoms with Crippen LogP contribution in [-0.4, -0.2) is 46.8 Å². The second kappa shape index (κ2) is 7.74. The molecule has 1 amide bonds. The first kappa shape index (κ1) is 19.2. The SMILES string of the molecule is Cc1ccc(-c2cc(C(=O)N3CCN(c4ccccc4C)CC3)n(C)n2)cc1C. The van der Waals surface area contributed by atoms with Crippen molar-refractivity contribution in [2.75, 3.05) is 31.1 Å². The zero-order valence-corrected chi connectivity index (χ0v) is 17.6. The van der Waals surface area contributed by atoms with Gasteiger partial charge >= 0.3 is 0 Å². The Morgan fingerprint density at radius 3 is 2.28 bits per heavy atom. The number of aryl methyl sites for hydroxylation is 4. The van der Waals surface area contributed by atoms with E-state index in [0.29, 0.717) is 5.69 Å². The highest BCUT2D eigenvalue weighted by Crippen LogP contribution is 2.24. The van der Waals surface area contributed by atoms with Crippen molar-refractivity contribution in [1.29, 1.82) is 0 Å². The van der Waals surface area contributed by atoms with Gasteiger partial charge in [0.25, 0.3) is 5.91 Å². The lowest BCUT2D eigenvalue weighted by Gasteiger charge is -2.36. The van der Waals surface area contributed by atoms with Gasteiger partial charge in [0.05, 0.1) is 5.69 Å². The normalized spacial score (nSPS) is 14.3. The van der Waals surface area contributed by atoms with Crippen LogP contribution in [0.15, 0.2) is 48.5 Å². The highest BCUT2D eigenvalue weighted by Gasteiger charge is 2.25. The number of carbonyl (C=O) groups excluding carboxylic acids is 1. The van der Waals surface area contributed by atoms with Crippen LogP contribution in [0.4, 0.5) is 5.69 Å². The molecule has 0 radical (unpaired) electrons. The summed E-state index contributed by atoms with van der Waals surface area (Å²) in [6, 6.07) is 16.6. The van der Waals surface area contributed by atoms with Crippen LogP contribution in [0.25, 0.3) is 11.3 Å². The van der Waals surface area contributed by atoms with Crippen LogP contribution in [0, 0.1) is 20.8 Å². The molecule has 1 aliphatic rings. The van der Waals surface area contributed by atoms with E-state index in [1.165, 1.54) is 22.4 Å². The predicted molar refractivity (Wildman–Crippen MR) is 117 cm³/mol. The molecule has 2 aromatic carbocycles. The first-order valence-corrected chi connectivity index (χ1v) is 10.2. The van der Waals surface area contributed by atoms with E-state index >= 15 is 0 Å². The highest BCUT2D eigenvalue weighted by atomic mass is 16.2. The molecule has 0 atom stereocenters. The van der Waals surface area contributed by atoms with Crippen LogP contribution in [-0.2, 0) is 7.05 Å². The van der Waals surface area contributed by atoms with Gasteiger partial charge in [-0.2, -0.15) is 5.10 Å². The van der Waals surface area contributed by atoms with Crippen molar-refractivity contribution >= 4 is 11.6 Å². The van der Waals surface area contributed by atoms with Gasteiger partial charge < -0.3 is 9.80 Å². The number of benzene rings is 2. The number of hydrogen-bond acceptors (Lipinski definition) is 3. The van der Waals surface area contributed by atoms with E-state index in [0.717, 1.165) is 37.4 Å². The molecule has 0 bridgehead atoms. The monoisotopic (exact) mass is 388 g/mol. The number of piperazine rings is 1. The number of aromatic nitrogens is 2. The minimum atomic E-state index is 0.0551. The fraction of sp³-hybridized carbons (Fsp3) is 0.333. The number of rotatable bonds is 3. The molecule has 1 aromatic heterocycles. The molecule has 3 aromatic rings. The molecule has 2 heterocycles. The summed E-state index contributed by atoms with van der Waals surface area (Å²) in [5.41, 5.74) is 7.56. The molecule has 1 fully saturated rings. The van der Waals surface area contributed by atoms with Gasteiger partial charge in [0, 0.05) is 44.5 Å². The van der Waals surface area contributed by atoms with Crippen LogP contribution < -0.4 is 4.90 Å². The molecular weight excluding hydrogens is 360 g/mol. The van der Waals surface area contributed by atoms with Crippen molar-refractivity contribution in [2.45, 2.75) is 20.8 Å². The van der Waals surface area contributed by atoms with Crippen molar-refractivity contribution < 1.29 is 4.79 Å². The standard InChI is InChI=1S/C24H28N4O/c1-17-9-10-20(15-19(17)3)21-16-23(26(4)25-21)24(29)28-13-11-27(12-14-28)22-8-6-5-7-18(22)2/h5-10,15-16H,11-14H2,1-4H3. The number of nitrogens with zero attached hydrogens (tertiary/aromatic N) is 4. The van der Waals surface area contributed by atoms with Gasteiger partial charge in [-0.1, -0.05) is 30.3 Å². The van der Waals surface area contributed by atoms with E-state index in [2.05, 4.69) is 73.2 Å². The lowest BCUT2D eigenvalue weighted by Crippen LogP contribution is -2.49. The second-order valence-corrected chi connectivity index (χ2v) is 7.90. The summed E-state index contributed by atoms with van der Waals surface area (Å²) in [4.78, 5) is 17.4. The third kappa shape index (κ3) is 3.77. The fourth-order valence-corrected chi connectivity index (χ4v) is 3.94. The molecule has 5 nitrogen and oxygen atoms in total. The Kier molecular flexibility index (Phi) is 5.14. The molecule has 0 spiro atoms.